The highest BCUT2D eigenvalue weighted by Gasteiger charge is 1.86. The summed E-state index contributed by atoms with van der Waals surface area (Å²) >= 11 is 0. The van der Waals surface area contributed by atoms with Crippen LogP contribution in [0, 0.1) is 0 Å². The van der Waals surface area contributed by atoms with Crippen LogP contribution in [0.2, 0.25) is 0 Å². The predicted octanol–water partition coefficient (Wildman–Crippen LogP) is 3.01. The van der Waals surface area contributed by atoms with Gasteiger partial charge in [0, 0.05) is 5.56 Å². The molecule has 0 bridgehead atoms. The van der Waals surface area contributed by atoms with E-state index in [-0.39, 0.29) is 5.75 Å². The minimum absolute atomic E-state index is 0.181. The van der Waals surface area contributed by atoms with Gasteiger partial charge in [-0.3, -0.25) is 4.79 Å². The van der Waals surface area contributed by atoms with Crippen molar-refractivity contribution in [3.05, 3.63) is 29.8 Å². The standard InChI is InChI=1S/C7H6O2.C4H10/c8-5-6-1-3-7(9)4-2-6;1-3-4-2/h1-5,9H;3-4H2,1-2H3. The first-order valence-corrected chi connectivity index (χ1v) is 4.48. The van der Waals surface area contributed by atoms with E-state index in [2.05, 4.69) is 13.8 Å². The number of hydrogen-bond acceptors (Lipinski definition) is 2. The molecule has 0 radical (unpaired) electrons. The Balaban J connectivity index is 0.000000310. The molecule has 0 heterocycles. The lowest BCUT2D eigenvalue weighted by Crippen LogP contribution is -1.74. The molecule has 1 aromatic rings. The number of aromatic hydroxyl groups is 1. The van der Waals surface area contributed by atoms with E-state index in [0.717, 1.165) is 6.29 Å². The van der Waals surface area contributed by atoms with Gasteiger partial charge < -0.3 is 5.11 Å². The van der Waals surface area contributed by atoms with Gasteiger partial charge in [0.25, 0.3) is 0 Å². The summed E-state index contributed by atoms with van der Waals surface area (Å²) in [5.41, 5.74) is 0.577. The van der Waals surface area contributed by atoms with Gasteiger partial charge in [-0.2, -0.15) is 0 Å². The Morgan fingerprint density at radius 1 is 1.15 bits per heavy atom. The summed E-state index contributed by atoms with van der Waals surface area (Å²) in [6.45, 7) is 4.36. The number of hydrogen-bond donors (Lipinski definition) is 1. The van der Waals surface area contributed by atoms with E-state index < -0.39 is 0 Å². The second kappa shape index (κ2) is 7.35. The number of phenols is 1. The van der Waals surface area contributed by atoms with Gasteiger partial charge in [0.15, 0.2) is 0 Å². The van der Waals surface area contributed by atoms with Crippen molar-refractivity contribution in [3.63, 3.8) is 0 Å². The van der Waals surface area contributed by atoms with Crippen LogP contribution in [0.3, 0.4) is 0 Å². The van der Waals surface area contributed by atoms with Crippen LogP contribution in [0.15, 0.2) is 24.3 Å². The summed E-state index contributed by atoms with van der Waals surface area (Å²) in [5.74, 6) is 0.181. The molecular weight excluding hydrogens is 164 g/mol. The molecule has 0 amide bonds. The highest BCUT2D eigenvalue weighted by Crippen LogP contribution is 2.07. The fraction of sp³-hybridized carbons (Fsp3) is 0.364. The van der Waals surface area contributed by atoms with Crippen molar-refractivity contribution in [1.29, 1.82) is 0 Å². The fourth-order valence-electron chi connectivity index (χ4n) is 0.553. The molecule has 0 aliphatic carbocycles. The van der Waals surface area contributed by atoms with E-state index in [1.807, 2.05) is 0 Å². The van der Waals surface area contributed by atoms with Crippen molar-refractivity contribution >= 4 is 6.29 Å². The Morgan fingerprint density at radius 3 is 1.92 bits per heavy atom. The molecule has 0 aliphatic rings. The van der Waals surface area contributed by atoms with Crippen molar-refractivity contribution in [2.75, 3.05) is 0 Å². The zero-order chi connectivity index (χ0) is 10.1. The highest BCUT2D eigenvalue weighted by molar-refractivity contribution is 5.74. The first-order valence-electron chi connectivity index (χ1n) is 4.48. The number of phenolic OH excluding ortho intramolecular Hbond substituents is 1. The lowest BCUT2D eigenvalue weighted by molar-refractivity contribution is 0.112. The molecule has 2 nitrogen and oxygen atoms in total. The molecule has 72 valence electrons. The van der Waals surface area contributed by atoms with Gasteiger partial charge in [-0.25, -0.2) is 0 Å². The van der Waals surface area contributed by atoms with Crippen molar-refractivity contribution in [1.82, 2.24) is 0 Å². The summed E-state index contributed by atoms with van der Waals surface area (Å²) in [6, 6.07) is 6.07. The summed E-state index contributed by atoms with van der Waals surface area (Å²) in [7, 11) is 0. The molecule has 0 atom stereocenters. The Kier molecular flexibility index (Phi) is 6.60. The maximum Gasteiger partial charge on any atom is 0.150 e. The molecule has 13 heavy (non-hydrogen) atoms. The minimum atomic E-state index is 0.181. The second-order valence-corrected chi connectivity index (χ2v) is 2.71. The van der Waals surface area contributed by atoms with E-state index in [4.69, 9.17) is 5.11 Å². The Labute approximate surface area is 79.2 Å². The van der Waals surface area contributed by atoms with Gasteiger partial charge in [0.1, 0.15) is 12.0 Å². The van der Waals surface area contributed by atoms with Crippen LogP contribution in [0.25, 0.3) is 0 Å². The van der Waals surface area contributed by atoms with E-state index in [0.29, 0.717) is 5.56 Å². The Bertz CT molecular complexity index is 224. The largest absolute Gasteiger partial charge is 0.508 e. The van der Waals surface area contributed by atoms with Crippen molar-refractivity contribution in [3.8, 4) is 5.75 Å². The Morgan fingerprint density at radius 2 is 1.62 bits per heavy atom. The normalized spacial score (nSPS) is 8.46. The number of carbonyl (C=O) groups is 1. The van der Waals surface area contributed by atoms with Crippen LogP contribution < -0.4 is 0 Å². The first-order chi connectivity index (χ1) is 6.24. The molecule has 0 aromatic heterocycles. The SMILES string of the molecule is CCCC.O=Cc1ccc(O)cc1. The van der Waals surface area contributed by atoms with Crippen molar-refractivity contribution in [2.45, 2.75) is 26.7 Å². The van der Waals surface area contributed by atoms with E-state index >= 15 is 0 Å². The van der Waals surface area contributed by atoms with E-state index in [1.54, 1.807) is 12.1 Å². The molecule has 0 aliphatic heterocycles. The van der Waals surface area contributed by atoms with Gasteiger partial charge in [-0.05, 0) is 24.3 Å². The summed E-state index contributed by atoms with van der Waals surface area (Å²) in [4.78, 5) is 10.0. The smallest absolute Gasteiger partial charge is 0.150 e. The zero-order valence-electron chi connectivity index (χ0n) is 8.16. The first kappa shape index (κ1) is 11.7. The van der Waals surface area contributed by atoms with E-state index in [1.165, 1.54) is 25.0 Å². The van der Waals surface area contributed by atoms with Crippen LogP contribution in [-0.4, -0.2) is 11.4 Å². The Hall–Kier alpha value is -1.31. The number of aldehydes is 1. The van der Waals surface area contributed by atoms with Gasteiger partial charge in [-0.1, -0.05) is 26.7 Å². The average molecular weight is 180 g/mol. The summed E-state index contributed by atoms with van der Waals surface area (Å²) in [6.07, 6.45) is 3.37. The molecule has 1 N–H and O–H groups in total. The fourth-order valence-corrected chi connectivity index (χ4v) is 0.553. The third-order valence-electron chi connectivity index (χ3n) is 1.53. The lowest BCUT2D eigenvalue weighted by atomic mass is 10.2. The number of carbonyl (C=O) groups excluding carboxylic acids is 1. The predicted molar refractivity (Wildman–Crippen MR) is 54.1 cm³/mol. The molecule has 2 heteroatoms. The molecule has 0 saturated heterocycles. The van der Waals surface area contributed by atoms with Gasteiger partial charge >= 0.3 is 0 Å². The van der Waals surface area contributed by atoms with Gasteiger partial charge in [0.05, 0.1) is 0 Å². The van der Waals surface area contributed by atoms with Crippen molar-refractivity contribution < 1.29 is 9.90 Å². The maximum absolute atomic E-state index is 10.0. The van der Waals surface area contributed by atoms with Crippen LogP contribution in [0.1, 0.15) is 37.0 Å². The molecule has 0 fully saturated rings. The molecule has 0 unspecified atom stereocenters. The molecular formula is C11H16O2. The van der Waals surface area contributed by atoms with Crippen LogP contribution in [-0.2, 0) is 0 Å². The average Bonchev–Trinajstić information content (AvgIpc) is 2.19. The zero-order valence-corrected chi connectivity index (χ0v) is 8.16. The third-order valence-corrected chi connectivity index (χ3v) is 1.53. The van der Waals surface area contributed by atoms with Crippen molar-refractivity contribution in [2.24, 2.45) is 0 Å². The van der Waals surface area contributed by atoms with Gasteiger partial charge in [-0.15, -0.1) is 0 Å². The number of unbranched alkanes of at least 4 members (excludes halogenated alkanes) is 1. The van der Waals surface area contributed by atoms with Crippen LogP contribution >= 0.6 is 0 Å². The monoisotopic (exact) mass is 180 g/mol. The number of benzene rings is 1. The molecule has 1 rings (SSSR count). The summed E-state index contributed by atoms with van der Waals surface area (Å²) < 4.78 is 0. The second-order valence-electron chi connectivity index (χ2n) is 2.71. The van der Waals surface area contributed by atoms with Crippen LogP contribution in [0.5, 0.6) is 5.75 Å². The third kappa shape index (κ3) is 5.91. The minimum Gasteiger partial charge on any atom is -0.508 e. The molecule has 0 saturated carbocycles. The van der Waals surface area contributed by atoms with Crippen LogP contribution in [0.4, 0.5) is 0 Å². The molecule has 0 spiro atoms. The number of rotatable bonds is 2. The highest BCUT2D eigenvalue weighted by atomic mass is 16.3. The topological polar surface area (TPSA) is 37.3 Å². The van der Waals surface area contributed by atoms with Gasteiger partial charge in [0.2, 0.25) is 0 Å². The maximum atomic E-state index is 10.0. The lowest BCUT2D eigenvalue weighted by Gasteiger charge is -1.88. The van der Waals surface area contributed by atoms with E-state index in [9.17, 15) is 4.79 Å². The quantitative estimate of drug-likeness (QED) is 0.710. The summed E-state index contributed by atoms with van der Waals surface area (Å²) in [5, 5.41) is 8.74. The molecule has 1 aromatic carbocycles.